The Morgan fingerprint density at radius 1 is 0.895 bits per heavy atom. The summed E-state index contributed by atoms with van der Waals surface area (Å²) < 4.78 is 0. The number of hydrogen-bond donors (Lipinski definition) is 2. The molecule has 0 heterocycles. The predicted octanol–water partition coefficient (Wildman–Crippen LogP) is 3.50. The number of benzene rings is 2. The quantitative estimate of drug-likeness (QED) is 0.874. The number of rotatable bonds is 4. The molecule has 0 aromatic heterocycles. The van der Waals surface area contributed by atoms with Gasteiger partial charge in [-0.3, -0.25) is 0 Å². The van der Waals surface area contributed by atoms with E-state index in [9.17, 15) is 0 Å². The van der Waals surface area contributed by atoms with Gasteiger partial charge in [0.2, 0.25) is 0 Å². The highest BCUT2D eigenvalue weighted by Gasteiger charge is 2.25. The molecule has 3 rings (SSSR count). The molecule has 1 aliphatic carbocycles. The van der Waals surface area contributed by atoms with Crippen molar-refractivity contribution in [3.05, 3.63) is 54.6 Å². The van der Waals surface area contributed by atoms with Gasteiger partial charge in [0.25, 0.3) is 0 Å². The fraction of sp³-hybridized carbons (Fsp3) is 0.294. The molecule has 2 aromatic rings. The first kappa shape index (κ1) is 12.2. The molecule has 0 atom stereocenters. The van der Waals surface area contributed by atoms with Crippen molar-refractivity contribution in [3.8, 4) is 11.1 Å². The Labute approximate surface area is 114 Å². The maximum atomic E-state index is 5.79. The van der Waals surface area contributed by atoms with Crippen LogP contribution in [0, 0.1) is 5.92 Å². The topological polar surface area (TPSA) is 38.0 Å². The third-order valence-electron chi connectivity index (χ3n) is 3.86. The molecule has 0 spiro atoms. The zero-order valence-electron chi connectivity index (χ0n) is 11.0. The lowest BCUT2D eigenvalue weighted by Gasteiger charge is -2.32. The van der Waals surface area contributed by atoms with Crippen molar-refractivity contribution in [1.82, 2.24) is 0 Å². The first-order chi connectivity index (χ1) is 9.31. The van der Waals surface area contributed by atoms with Crippen LogP contribution in [0.25, 0.3) is 11.1 Å². The van der Waals surface area contributed by atoms with Gasteiger partial charge in [-0.2, -0.15) is 0 Å². The zero-order valence-corrected chi connectivity index (χ0v) is 11.0. The third kappa shape index (κ3) is 2.96. The Morgan fingerprint density at radius 3 is 2.16 bits per heavy atom. The van der Waals surface area contributed by atoms with Crippen LogP contribution in [0.3, 0.4) is 0 Å². The molecule has 0 unspecified atom stereocenters. The van der Waals surface area contributed by atoms with E-state index in [2.05, 4.69) is 53.8 Å². The zero-order chi connectivity index (χ0) is 13.1. The van der Waals surface area contributed by atoms with E-state index in [1.54, 1.807) is 0 Å². The van der Waals surface area contributed by atoms with Gasteiger partial charge < -0.3 is 11.1 Å². The number of nitrogens with two attached hydrogens (primary N) is 1. The van der Waals surface area contributed by atoms with Crippen LogP contribution in [0.2, 0.25) is 0 Å². The Balaban J connectivity index is 1.60. The van der Waals surface area contributed by atoms with Crippen molar-refractivity contribution in [2.24, 2.45) is 11.7 Å². The number of anilines is 1. The first-order valence-corrected chi connectivity index (χ1v) is 6.96. The molecule has 19 heavy (non-hydrogen) atoms. The Kier molecular flexibility index (Phi) is 3.51. The van der Waals surface area contributed by atoms with Crippen LogP contribution in [0.1, 0.15) is 12.8 Å². The van der Waals surface area contributed by atoms with Crippen LogP contribution in [0.15, 0.2) is 54.6 Å². The summed E-state index contributed by atoms with van der Waals surface area (Å²) in [6.45, 7) is 1.04. The van der Waals surface area contributed by atoms with Gasteiger partial charge in [0.15, 0.2) is 0 Å². The smallest absolute Gasteiger partial charge is 0.0340 e. The normalized spacial score (nSPS) is 21.7. The lowest BCUT2D eigenvalue weighted by Crippen LogP contribution is -2.39. The van der Waals surface area contributed by atoms with E-state index in [1.165, 1.54) is 16.8 Å². The highest BCUT2D eigenvalue weighted by Crippen LogP contribution is 2.26. The molecule has 0 radical (unpaired) electrons. The highest BCUT2D eigenvalue weighted by atomic mass is 14.9. The molecular formula is C17H20N2. The van der Waals surface area contributed by atoms with Crippen LogP contribution in [0.5, 0.6) is 0 Å². The Hall–Kier alpha value is -1.80. The summed E-state index contributed by atoms with van der Waals surface area (Å²) >= 11 is 0. The standard InChI is InChI=1S/C17H20N2/c18-16-10-13(11-16)12-19-17-8-6-15(7-9-17)14-4-2-1-3-5-14/h1-9,13,16,19H,10-12,18H2. The van der Waals surface area contributed by atoms with Crippen molar-refractivity contribution < 1.29 is 0 Å². The van der Waals surface area contributed by atoms with Crippen molar-refractivity contribution in [3.63, 3.8) is 0 Å². The van der Waals surface area contributed by atoms with Crippen LogP contribution in [-0.2, 0) is 0 Å². The van der Waals surface area contributed by atoms with Gasteiger partial charge in [-0.1, -0.05) is 42.5 Å². The summed E-state index contributed by atoms with van der Waals surface area (Å²) in [5.74, 6) is 0.754. The maximum absolute atomic E-state index is 5.79. The van der Waals surface area contributed by atoms with Crippen LogP contribution >= 0.6 is 0 Å². The Bertz CT molecular complexity index is 513. The summed E-state index contributed by atoms with van der Waals surface area (Å²) in [5.41, 5.74) is 9.51. The summed E-state index contributed by atoms with van der Waals surface area (Å²) in [4.78, 5) is 0. The van der Waals surface area contributed by atoms with Gasteiger partial charge in [-0.05, 0) is 42.0 Å². The van der Waals surface area contributed by atoms with Crippen LogP contribution in [0.4, 0.5) is 5.69 Å². The molecule has 1 saturated carbocycles. The van der Waals surface area contributed by atoms with E-state index < -0.39 is 0 Å². The maximum Gasteiger partial charge on any atom is 0.0340 e. The summed E-state index contributed by atoms with van der Waals surface area (Å²) in [6.07, 6.45) is 2.32. The minimum Gasteiger partial charge on any atom is -0.385 e. The third-order valence-corrected chi connectivity index (χ3v) is 3.86. The van der Waals surface area contributed by atoms with E-state index in [-0.39, 0.29) is 0 Å². The van der Waals surface area contributed by atoms with E-state index in [0.29, 0.717) is 6.04 Å². The van der Waals surface area contributed by atoms with Gasteiger partial charge in [-0.25, -0.2) is 0 Å². The summed E-state index contributed by atoms with van der Waals surface area (Å²) in [5, 5.41) is 3.49. The van der Waals surface area contributed by atoms with E-state index in [0.717, 1.165) is 25.3 Å². The van der Waals surface area contributed by atoms with Gasteiger partial charge in [0, 0.05) is 18.3 Å². The molecule has 0 amide bonds. The van der Waals surface area contributed by atoms with Gasteiger partial charge in [0.05, 0.1) is 0 Å². The second-order valence-electron chi connectivity index (χ2n) is 5.42. The molecule has 98 valence electrons. The minimum absolute atomic E-state index is 0.437. The van der Waals surface area contributed by atoms with E-state index >= 15 is 0 Å². The molecule has 0 bridgehead atoms. The molecule has 2 aromatic carbocycles. The molecular weight excluding hydrogens is 232 g/mol. The molecule has 2 heteroatoms. The highest BCUT2D eigenvalue weighted by molar-refractivity contribution is 5.65. The second kappa shape index (κ2) is 5.45. The average Bonchev–Trinajstić information content (AvgIpc) is 2.44. The molecule has 2 nitrogen and oxygen atoms in total. The predicted molar refractivity (Wildman–Crippen MR) is 81.1 cm³/mol. The van der Waals surface area contributed by atoms with E-state index in [4.69, 9.17) is 5.73 Å². The largest absolute Gasteiger partial charge is 0.385 e. The number of hydrogen-bond acceptors (Lipinski definition) is 2. The molecule has 1 aliphatic rings. The lowest BCUT2D eigenvalue weighted by atomic mass is 9.81. The van der Waals surface area contributed by atoms with Gasteiger partial charge in [-0.15, -0.1) is 0 Å². The molecule has 0 aliphatic heterocycles. The monoisotopic (exact) mass is 252 g/mol. The van der Waals surface area contributed by atoms with Crippen LogP contribution in [-0.4, -0.2) is 12.6 Å². The van der Waals surface area contributed by atoms with Crippen molar-refractivity contribution in [2.75, 3.05) is 11.9 Å². The fourth-order valence-corrected chi connectivity index (χ4v) is 2.63. The van der Waals surface area contributed by atoms with E-state index in [1.807, 2.05) is 6.07 Å². The lowest BCUT2D eigenvalue weighted by molar-refractivity contribution is 0.280. The minimum atomic E-state index is 0.437. The van der Waals surface area contributed by atoms with Gasteiger partial charge in [0.1, 0.15) is 0 Å². The van der Waals surface area contributed by atoms with Crippen molar-refractivity contribution in [1.29, 1.82) is 0 Å². The fourth-order valence-electron chi connectivity index (χ4n) is 2.63. The Morgan fingerprint density at radius 2 is 1.53 bits per heavy atom. The first-order valence-electron chi connectivity index (χ1n) is 6.96. The van der Waals surface area contributed by atoms with Crippen molar-refractivity contribution >= 4 is 5.69 Å². The van der Waals surface area contributed by atoms with Crippen molar-refractivity contribution in [2.45, 2.75) is 18.9 Å². The molecule has 3 N–H and O–H groups in total. The van der Waals surface area contributed by atoms with Crippen LogP contribution < -0.4 is 11.1 Å². The summed E-state index contributed by atoms with van der Waals surface area (Å²) in [6, 6.07) is 19.5. The number of nitrogens with one attached hydrogen (secondary N) is 1. The van der Waals surface area contributed by atoms with Gasteiger partial charge >= 0.3 is 0 Å². The SMILES string of the molecule is NC1CC(CNc2ccc(-c3ccccc3)cc2)C1. The molecule has 0 saturated heterocycles. The summed E-state index contributed by atoms with van der Waals surface area (Å²) in [7, 11) is 0. The second-order valence-corrected chi connectivity index (χ2v) is 5.42. The average molecular weight is 252 g/mol. The molecule has 1 fully saturated rings.